The minimum Gasteiger partial charge on any atom is -0.488 e. The van der Waals surface area contributed by atoms with Gasteiger partial charge < -0.3 is 64.6 Å². The molecule has 0 spiro atoms. The number of anilines is 2. The predicted octanol–water partition coefficient (Wildman–Crippen LogP) is 0.148. The van der Waals surface area contributed by atoms with Crippen molar-refractivity contribution in [2.45, 2.75) is 12.5 Å². The second-order valence-electron chi connectivity index (χ2n) is 15.6. The van der Waals surface area contributed by atoms with E-state index >= 15 is 0 Å². The summed E-state index contributed by atoms with van der Waals surface area (Å²) >= 11 is 5.66. The van der Waals surface area contributed by atoms with Crippen LogP contribution in [-0.4, -0.2) is 242 Å². The minimum absolute atomic E-state index is 0. The number of carboxylic acids is 5. The zero-order valence-corrected chi connectivity index (χ0v) is 43.7. The molecule has 2 radical (unpaired) electrons. The molecule has 0 saturated carbocycles. The molecule has 23 nitrogen and oxygen atoms in total. The average molecular weight is 1280 g/mol. The molecular weight excluding hydrogens is 1210 g/mol. The van der Waals surface area contributed by atoms with E-state index in [1.807, 2.05) is 6.07 Å². The molecule has 1 fully saturated rings. The van der Waals surface area contributed by atoms with Crippen molar-refractivity contribution >= 4 is 58.6 Å². The number of fused-ring (bicyclic) bond motifs is 9. The summed E-state index contributed by atoms with van der Waals surface area (Å²) in [5.74, 6) is -5.36. The predicted molar refractivity (Wildman–Crippen MR) is 245 cm³/mol. The van der Waals surface area contributed by atoms with Gasteiger partial charge in [-0.15, -0.1) is 0 Å². The molecule has 0 aliphatic carbocycles. The molecule has 69 heavy (non-hydrogen) atoms. The number of nitrogens with one attached hydrogen (secondary N) is 2. The Bertz CT molecular complexity index is 1870. The fraction of sp³-hybridized carbons (Fsp3) is 0.581. The third-order valence-electron chi connectivity index (χ3n) is 10.4. The van der Waals surface area contributed by atoms with Crippen molar-refractivity contribution in [2.24, 2.45) is 0 Å². The molecule has 2 aromatic rings. The molecule has 2 aromatic carbocycles. The van der Waals surface area contributed by atoms with Crippen molar-refractivity contribution in [3.63, 3.8) is 0 Å². The van der Waals surface area contributed by atoms with E-state index < -0.39 is 68.6 Å². The largest absolute Gasteiger partial charge is 3.00 e. The van der Waals surface area contributed by atoms with Crippen LogP contribution in [0.3, 0.4) is 0 Å². The van der Waals surface area contributed by atoms with Crippen molar-refractivity contribution in [3.05, 3.63) is 48.0 Å². The van der Waals surface area contributed by atoms with Gasteiger partial charge in [-0.1, -0.05) is 12.1 Å². The second-order valence-corrected chi connectivity index (χ2v) is 16.1. The Morgan fingerprint density at radius 2 is 1.01 bits per heavy atom. The number of carbonyl (C=O) groups is 5. The van der Waals surface area contributed by atoms with Crippen LogP contribution in [-0.2, 0) is 49.3 Å². The third kappa shape index (κ3) is 27.3. The molecule has 4 rings (SSSR count). The van der Waals surface area contributed by atoms with Crippen LogP contribution in [0.4, 0.5) is 11.4 Å². The third-order valence-corrected chi connectivity index (χ3v) is 10.6. The number of thiocarbonyl (C=S) groups is 1. The van der Waals surface area contributed by atoms with Crippen molar-refractivity contribution in [1.82, 2.24) is 24.5 Å². The van der Waals surface area contributed by atoms with E-state index in [0.717, 1.165) is 4.90 Å². The van der Waals surface area contributed by atoms with Gasteiger partial charge in [0.15, 0.2) is 16.6 Å². The van der Waals surface area contributed by atoms with Gasteiger partial charge in [-0.2, -0.15) is 0 Å². The molecule has 26 heteroatoms. The van der Waals surface area contributed by atoms with Crippen LogP contribution < -0.4 is 20.1 Å². The minimum atomic E-state index is -1.30. The van der Waals surface area contributed by atoms with Crippen molar-refractivity contribution < 1.29 is 167 Å². The van der Waals surface area contributed by atoms with Gasteiger partial charge >= 0.3 is 119 Å². The summed E-state index contributed by atoms with van der Waals surface area (Å²) < 4.78 is 35.9. The van der Waals surface area contributed by atoms with Crippen LogP contribution in [0.25, 0.3) is 0 Å². The van der Waals surface area contributed by atoms with Crippen LogP contribution in [0.1, 0.15) is 5.56 Å². The number of benzene rings is 2. The standard InChI is InChI=1S/C43H63N7O16S.Eu.Gd/c51-38(52)26-48(7-8-49(27-39(53)54)28-40(55)56)25-35(50(29-41(57)58)30-42(59)60)23-32-1-3-33(4-2-32)44-43(67)45-34-5-6-36-37(24-34)66-18-13-47-11-16-63-20-19-61-14-9-46(12-17-65-36)10-15-62-21-22-64-31-47;;/h1-6,24,35H,7-23,25-31H2,(H,51,52)(H,53,54)(H,55,56)(H,57,58)(H,59,60)(H2,44,45,67);;/q;+2;+3. The molecule has 2 aliphatic heterocycles. The van der Waals surface area contributed by atoms with E-state index in [1.165, 1.54) is 9.80 Å². The number of rotatable bonds is 20. The number of hydrogen-bond acceptors (Lipinski definition) is 17. The molecule has 1 saturated heterocycles. The van der Waals surface area contributed by atoms with Gasteiger partial charge in [-0.3, -0.25) is 48.5 Å². The van der Waals surface area contributed by atoms with Gasteiger partial charge in [0.05, 0.1) is 85.7 Å². The molecule has 7 N–H and O–H groups in total. The van der Waals surface area contributed by atoms with Gasteiger partial charge in [0, 0.05) is 75.8 Å². The summed E-state index contributed by atoms with van der Waals surface area (Å²) in [5.41, 5.74) is 1.86. The first-order valence-electron chi connectivity index (χ1n) is 21.8. The van der Waals surface area contributed by atoms with E-state index in [1.54, 1.807) is 36.4 Å². The van der Waals surface area contributed by atoms with Crippen molar-refractivity contribution in [3.8, 4) is 11.5 Å². The first-order chi connectivity index (χ1) is 32.2. The summed E-state index contributed by atoms with van der Waals surface area (Å²) in [4.78, 5) is 66.4. The van der Waals surface area contributed by atoms with E-state index in [9.17, 15) is 49.5 Å². The normalized spacial score (nSPS) is 18.0. The van der Waals surface area contributed by atoms with Gasteiger partial charge in [-0.05, 0) is 48.5 Å². The first-order valence-corrected chi connectivity index (χ1v) is 22.2. The number of ether oxygens (including phenoxy) is 6. The Hall–Kier alpha value is -2.37. The van der Waals surface area contributed by atoms with Crippen LogP contribution >= 0.6 is 12.2 Å². The Morgan fingerprint density at radius 3 is 1.58 bits per heavy atom. The number of hydrogen-bond donors (Lipinski definition) is 7. The van der Waals surface area contributed by atoms with Crippen LogP contribution in [0.2, 0.25) is 0 Å². The maximum atomic E-state index is 11.9. The Kier molecular flexibility index (Phi) is 32.5. The van der Waals surface area contributed by atoms with Crippen LogP contribution in [0.5, 0.6) is 11.5 Å². The van der Waals surface area contributed by atoms with Crippen LogP contribution in [0.15, 0.2) is 42.5 Å². The summed E-state index contributed by atoms with van der Waals surface area (Å²) in [6, 6.07) is 11.5. The number of aliphatic carboxylic acids is 5. The van der Waals surface area contributed by atoms with Crippen molar-refractivity contribution in [2.75, 3.05) is 162 Å². The monoisotopic (exact) mass is 1280 g/mol. The molecule has 382 valence electrons. The smallest absolute Gasteiger partial charge is 0.488 e. The summed E-state index contributed by atoms with van der Waals surface area (Å²) in [5, 5.41) is 54.1. The zero-order valence-electron chi connectivity index (χ0n) is 38.2. The molecule has 0 amide bonds. The van der Waals surface area contributed by atoms with E-state index in [0.29, 0.717) is 127 Å². The first kappa shape index (κ1) is 62.7. The van der Waals surface area contributed by atoms with Crippen LogP contribution in [0, 0.1) is 89.3 Å². The van der Waals surface area contributed by atoms with Gasteiger partial charge in [0.2, 0.25) is 0 Å². The topological polar surface area (TPSA) is 282 Å². The Balaban J connectivity index is 0.00000817. The summed E-state index contributed by atoms with van der Waals surface area (Å²) in [6.45, 7) is 4.24. The molecule has 3 atom stereocenters. The van der Waals surface area contributed by atoms with Gasteiger partial charge in [0.25, 0.3) is 0 Å². The summed E-state index contributed by atoms with van der Waals surface area (Å²) in [6.07, 6.45) is 0.0875. The van der Waals surface area contributed by atoms with Gasteiger partial charge in [0.1, 0.15) is 13.2 Å². The molecule has 2 aliphatic rings. The molecule has 0 aromatic heterocycles. The van der Waals surface area contributed by atoms with Crippen molar-refractivity contribution in [1.29, 1.82) is 0 Å². The summed E-state index contributed by atoms with van der Waals surface area (Å²) in [7, 11) is 0. The Labute approximate surface area is 479 Å². The van der Waals surface area contributed by atoms with E-state index in [4.69, 9.17) is 40.6 Å². The Morgan fingerprint density at radius 1 is 0.565 bits per heavy atom. The number of carboxylic acid groups (broad SMARTS) is 5. The fourth-order valence-electron chi connectivity index (χ4n) is 7.14. The van der Waals surface area contributed by atoms with E-state index in [-0.39, 0.29) is 120 Å². The maximum Gasteiger partial charge on any atom is 3.00 e. The fourth-order valence-corrected chi connectivity index (χ4v) is 7.38. The zero-order chi connectivity index (χ0) is 48.4. The SMILES string of the molecule is O=C(O)CN(CCN(CC(=O)O)CC(Cc1ccc(NC(=S)Nc2ccc3c(c2)OCCN2CCOCCOCCN(CCOCCOC2)CCO3)cc1)N(CC(=O)O)CC(=O)O)CC(=O)O.[Eu+2].[Gd+3]. The quantitative estimate of drug-likeness (QED) is 0.0686. The van der Waals surface area contributed by atoms with E-state index in [2.05, 4.69) is 20.4 Å². The molecule has 3 unspecified atom stereocenters. The molecule has 2 bridgehead atoms. The number of nitrogens with zero attached hydrogens (tertiary/aromatic N) is 5. The average Bonchev–Trinajstić information content (AvgIpc) is 3.25. The van der Waals surface area contributed by atoms with Gasteiger partial charge in [-0.25, -0.2) is 0 Å². The maximum absolute atomic E-state index is 11.9. The second kappa shape index (κ2) is 35.7. The molecule has 2 heterocycles. The molecular formula is C43H63EuGdN7O16S+5.